The number of pyridine rings is 2. The second-order valence-electron chi connectivity index (χ2n) is 25.7. The normalized spacial score (nSPS) is 13.4. The first-order chi connectivity index (χ1) is 36.4. The number of anilines is 3. The summed E-state index contributed by atoms with van der Waals surface area (Å²) in [5.74, 6) is -0.275. The molecule has 0 unspecified atom stereocenters. The second kappa shape index (κ2) is 19.1. The van der Waals surface area contributed by atoms with Crippen molar-refractivity contribution in [2.75, 3.05) is 4.90 Å². The Morgan fingerprint density at radius 1 is 0.538 bits per heavy atom. The molecule has 0 bridgehead atoms. The number of aryl methyl sites for hydroxylation is 2. The van der Waals surface area contributed by atoms with E-state index in [-0.39, 0.29) is 54.3 Å². The molecule has 393 valence electrons. The van der Waals surface area contributed by atoms with Gasteiger partial charge in [-0.3, -0.25) is 4.39 Å². The van der Waals surface area contributed by atoms with E-state index in [0.717, 1.165) is 33.6 Å². The van der Waals surface area contributed by atoms with E-state index in [0.29, 0.717) is 0 Å². The van der Waals surface area contributed by atoms with Gasteiger partial charge in [-0.25, -0.2) is 0 Å². The number of rotatable bonds is 3. The molecule has 3 aliphatic rings. The van der Waals surface area contributed by atoms with Crippen LogP contribution in [0.2, 0.25) is 0 Å². The summed E-state index contributed by atoms with van der Waals surface area (Å²) in [4.78, 5) is 14.3. The summed E-state index contributed by atoms with van der Waals surface area (Å²) in [7, 11) is 0. The Kier molecular flexibility index (Phi) is 13.1. The molecular formula is C70H66BFIrN4S-2. The van der Waals surface area contributed by atoms with Crippen LogP contribution < -0.4 is 21.3 Å². The van der Waals surface area contributed by atoms with Crippen molar-refractivity contribution in [2.45, 2.75) is 128 Å². The van der Waals surface area contributed by atoms with E-state index in [9.17, 15) is 4.39 Å². The van der Waals surface area contributed by atoms with Gasteiger partial charge in [0.25, 0.3) is 6.71 Å². The molecule has 13 rings (SSSR count). The van der Waals surface area contributed by atoms with Crippen molar-refractivity contribution < 1.29 is 24.5 Å². The standard InChI is InChI=1S/C57H55BN3S.C13H11FN.Ir/c1-54(2,3)36-19-21-45-40(27-36)41-28-38(56(7,8)9)29-42-52(41)60(45)47-25-35(33-16-15-17-34(24-33)44-18-13-14-23-59-44)26-48-51(47)58(42)43-30-39(57(10,11)12)32-50-53(43)61(48)46-22-20-37(55(4,5)6)31-49(46)62-50;1-9-7-13(15-8-10(9)2)11-3-5-12(14)6-4-11;/h13-16,18-32H,1-12H3;3,5-8H,1-2H3;/q2*-1;. The summed E-state index contributed by atoms with van der Waals surface area (Å²) in [5, 5.41) is 2.67. The van der Waals surface area contributed by atoms with Gasteiger partial charge in [-0.05, 0) is 151 Å². The third kappa shape index (κ3) is 9.16. The Balaban J connectivity index is 0.000000349. The summed E-state index contributed by atoms with van der Waals surface area (Å²) in [5.41, 5.74) is 25.5. The Morgan fingerprint density at radius 2 is 1.21 bits per heavy atom. The molecule has 6 heterocycles. The SMILES string of the molecule is CC(C)(C)c1ccc2c(c1)Sc1cc(C(C)(C)C)cc3c1N2c1cc(-c2cc[c-]c(-c4ccccn4)c2)cc2c1B3c1cc(C(C)(C)C)cc3c4cc(C(C)(C)C)ccc4n-2c13.Cc1cnc(-c2[c-]cc(F)cc2)cc1C.[Ir]. The summed E-state index contributed by atoms with van der Waals surface area (Å²) in [6.45, 7) is 32.3. The van der Waals surface area contributed by atoms with Crippen LogP contribution in [-0.4, -0.2) is 21.2 Å². The average molecular weight is 1220 g/mol. The van der Waals surface area contributed by atoms with Crippen LogP contribution >= 0.6 is 11.8 Å². The predicted octanol–water partition coefficient (Wildman–Crippen LogP) is 16.9. The van der Waals surface area contributed by atoms with Gasteiger partial charge in [-0.15, -0.1) is 65.2 Å². The van der Waals surface area contributed by atoms with Crippen molar-refractivity contribution in [2.24, 2.45) is 0 Å². The van der Waals surface area contributed by atoms with E-state index in [1.54, 1.807) is 6.07 Å². The van der Waals surface area contributed by atoms with Crippen molar-refractivity contribution in [3.8, 4) is 39.3 Å². The maximum atomic E-state index is 12.7. The quantitative estimate of drug-likeness (QED) is 0.130. The number of nitrogens with zero attached hydrogens (tertiary/aromatic N) is 4. The van der Waals surface area contributed by atoms with Crippen LogP contribution in [0.3, 0.4) is 0 Å². The van der Waals surface area contributed by atoms with Gasteiger partial charge in [-0.2, -0.15) is 0 Å². The number of halogens is 1. The van der Waals surface area contributed by atoms with E-state index in [1.807, 2.05) is 50.1 Å². The molecule has 0 saturated heterocycles. The van der Waals surface area contributed by atoms with Crippen molar-refractivity contribution in [3.63, 3.8) is 0 Å². The second-order valence-corrected chi connectivity index (χ2v) is 26.8. The average Bonchev–Trinajstić information content (AvgIpc) is 3.86. The number of aromatic nitrogens is 3. The first kappa shape index (κ1) is 53.4. The fourth-order valence-corrected chi connectivity index (χ4v) is 12.6. The molecular weight excluding hydrogens is 1150 g/mol. The molecule has 78 heavy (non-hydrogen) atoms. The smallest absolute Gasteiger partial charge is 0.252 e. The molecule has 0 atom stereocenters. The summed E-state index contributed by atoms with van der Waals surface area (Å²) in [6.07, 6.45) is 3.69. The van der Waals surface area contributed by atoms with Crippen LogP contribution in [-0.2, 0) is 41.8 Å². The van der Waals surface area contributed by atoms with Crippen LogP contribution in [0.1, 0.15) is 116 Å². The molecule has 0 saturated carbocycles. The van der Waals surface area contributed by atoms with E-state index in [1.165, 1.54) is 116 Å². The van der Waals surface area contributed by atoms with E-state index >= 15 is 0 Å². The zero-order valence-corrected chi connectivity index (χ0v) is 50.6. The number of hydrogen-bond donors (Lipinski definition) is 0. The molecule has 0 spiro atoms. The fraction of sp³-hybridized carbons (Fsp3) is 0.257. The van der Waals surface area contributed by atoms with Gasteiger partial charge in [0.15, 0.2) is 0 Å². The summed E-state index contributed by atoms with van der Waals surface area (Å²) >= 11 is 1.96. The van der Waals surface area contributed by atoms with Crippen molar-refractivity contribution >= 4 is 73.7 Å². The zero-order valence-electron chi connectivity index (χ0n) is 47.3. The monoisotopic (exact) mass is 1220 g/mol. The molecule has 8 heteroatoms. The first-order valence-corrected chi connectivity index (χ1v) is 27.9. The Labute approximate surface area is 479 Å². The van der Waals surface area contributed by atoms with Crippen LogP contribution in [0.4, 0.5) is 21.5 Å². The molecule has 0 amide bonds. The molecule has 4 nitrogen and oxygen atoms in total. The van der Waals surface area contributed by atoms with Crippen molar-refractivity contribution in [1.29, 1.82) is 0 Å². The van der Waals surface area contributed by atoms with Gasteiger partial charge in [0, 0.05) is 75.8 Å². The van der Waals surface area contributed by atoms with Gasteiger partial charge in [0.1, 0.15) is 0 Å². The molecule has 3 aliphatic heterocycles. The Morgan fingerprint density at radius 3 is 1.88 bits per heavy atom. The van der Waals surface area contributed by atoms with Crippen LogP contribution in [0.15, 0.2) is 156 Å². The number of fused-ring (bicyclic) bond motifs is 9. The van der Waals surface area contributed by atoms with E-state index < -0.39 is 0 Å². The predicted molar refractivity (Wildman–Crippen MR) is 324 cm³/mol. The van der Waals surface area contributed by atoms with E-state index in [4.69, 9.17) is 4.98 Å². The van der Waals surface area contributed by atoms with Crippen LogP contribution in [0.5, 0.6) is 0 Å². The number of benzene rings is 7. The maximum absolute atomic E-state index is 12.7. The minimum Gasteiger partial charge on any atom is -0.310 e. The summed E-state index contributed by atoms with van der Waals surface area (Å²) < 4.78 is 15.3. The van der Waals surface area contributed by atoms with Crippen LogP contribution in [0.25, 0.3) is 61.1 Å². The Bertz CT molecular complexity index is 4040. The molecule has 0 aliphatic carbocycles. The van der Waals surface area contributed by atoms with Gasteiger partial charge in [-0.1, -0.05) is 143 Å². The van der Waals surface area contributed by atoms with E-state index in [2.05, 4.69) is 213 Å². The number of hydrogen-bond acceptors (Lipinski definition) is 4. The molecule has 0 fully saturated rings. The first-order valence-electron chi connectivity index (χ1n) is 27.1. The minimum atomic E-state index is -0.275. The van der Waals surface area contributed by atoms with Gasteiger partial charge in [0.05, 0.1) is 16.9 Å². The van der Waals surface area contributed by atoms with Crippen molar-refractivity contribution in [3.05, 3.63) is 197 Å². The van der Waals surface area contributed by atoms with Crippen molar-refractivity contribution in [1.82, 2.24) is 14.5 Å². The topological polar surface area (TPSA) is 34.0 Å². The molecule has 1 radical (unpaired) electrons. The molecule has 0 N–H and O–H groups in total. The third-order valence-electron chi connectivity index (χ3n) is 16.1. The van der Waals surface area contributed by atoms with Gasteiger partial charge >= 0.3 is 0 Å². The molecule has 3 aromatic heterocycles. The fourth-order valence-electron chi connectivity index (χ4n) is 11.5. The largest absolute Gasteiger partial charge is 0.310 e. The molecule has 7 aromatic carbocycles. The minimum absolute atomic E-state index is 0. The third-order valence-corrected chi connectivity index (χ3v) is 17.2. The summed E-state index contributed by atoms with van der Waals surface area (Å²) in [6, 6.07) is 55.1. The zero-order chi connectivity index (χ0) is 54.2. The Hall–Kier alpha value is -6.57. The molecule has 10 aromatic rings. The van der Waals surface area contributed by atoms with Gasteiger partial charge < -0.3 is 19.4 Å². The maximum Gasteiger partial charge on any atom is 0.252 e. The van der Waals surface area contributed by atoms with Crippen LogP contribution in [0, 0.1) is 31.8 Å². The van der Waals surface area contributed by atoms with Gasteiger partial charge in [0.2, 0.25) is 0 Å².